The fraction of sp³-hybridized carbons (Fsp3) is 0.227. The van der Waals surface area contributed by atoms with Gasteiger partial charge in [0.15, 0.2) is 6.29 Å². The first-order valence-electron chi connectivity index (χ1n) is 9.44. The Morgan fingerprint density at radius 2 is 2.17 bits per heavy atom. The fourth-order valence-electron chi connectivity index (χ4n) is 3.71. The summed E-state index contributed by atoms with van der Waals surface area (Å²) >= 11 is 0. The maximum Gasteiger partial charge on any atom is 0.270 e. The zero-order valence-electron chi connectivity index (χ0n) is 16.6. The van der Waals surface area contributed by atoms with Crippen molar-refractivity contribution in [3.05, 3.63) is 64.9 Å². The first-order chi connectivity index (χ1) is 14.4. The molecule has 30 heavy (non-hydrogen) atoms. The average Bonchev–Trinajstić information content (AvgIpc) is 3.17. The highest BCUT2D eigenvalue weighted by Crippen LogP contribution is 2.28. The molecule has 1 atom stereocenters. The predicted molar refractivity (Wildman–Crippen MR) is 113 cm³/mol. The molecular weight excluding hydrogens is 384 g/mol. The maximum absolute atomic E-state index is 13.4. The van der Waals surface area contributed by atoms with Crippen LogP contribution in [0.5, 0.6) is 0 Å². The lowest BCUT2D eigenvalue weighted by Crippen LogP contribution is -2.43. The zero-order chi connectivity index (χ0) is 21.4. The van der Waals surface area contributed by atoms with Gasteiger partial charge in [-0.3, -0.25) is 9.59 Å². The summed E-state index contributed by atoms with van der Waals surface area (Å²) in [6.45, 7) is 2.49. The summed E-state index contributed by atoms with van der Waals surface area (Å²) in [5.74, 6) is -0.904. The van der Waals surface area contributed by atoms with Crippen LogP contribution in [-0.4, -0.2) is 61.2 Å². The number of aromatic nitrogens is 2. The van der Waals surface area contributed by atoms with Crippen LogP contribution in [0.2, 0.25) is 0 Å². The number of aromatic amines is 1. The van der Waals surface area contributed by atoms with Crippen LogP contribution >= 0.6 is 0 Å². The van der Waals surface area contributed by atoms with Gasteiger partial charge >= 0.3 is 0 Å². The number of hydrogen-bond donors (Lipinski definition) is 1. The number of amides is 1. The first-order valence-corrected chi connectivity index (χ1v) is 9.44. The minimum atomic E-state index is -0.613. The molecule has 1 aliphatic rings. The lowest BCUT2D eigenvalue weighted by molar-refractivity contribution is 0.0616. The number of halogens is 1. The Labute approximate surface area is 174 Å². The van der Waals surface area contributed by atoms with Crippen LogP contribution in [0.25, 0.3) is 16.5 Å². The number of fused-ring (bicyclic) bond motifs is 1. The SMILES string of the molecule is [B]c1cc(C2=CCOCC2N(C)C(=O)c2cc3cc(F)ncc3[nH]2)c(C=O)cc1C. The van der Waals surface area contributed by atoms with E-state index in [1.165, 1.54) is 12.3 Å². The second kappa shape index (κ2) is 7.87. The van der Waals surface area contributed by atoms with Crippen molar-refractivity contribution < 1.29 is 18.7 Å². The van der Waals surface area contributed by atoms with Crippen molar-refractivity contribution in [1.82, 2.24) is 14.9 Å². The second-order valence-electron chi connectivity index (χ2n) is 7.32. The minimum Gasteiger partial charge on any atom is -0.375 e. The highest BCUT2D eigenvalue weighted by atomic mass is 19.1. The van der Waals surface area contributed by atoms with Gasteiger partial charge in [-0.25, -0.2) is 4.98 Å². The van der Waals surface area contributed by atoms with Crippen LogP contribution in [0.3, 0.4) is 0 Å². The van der Waals surface area contributed by atoms with E-state index in [4.69, 9.17) is 12.6 Å². The standard InChI is InChI=1S/C22H19BFN3O3/c1-12-5-14(10-28)16(8-17(12)23)15-3-4-30-11-20(15)27(2)22(29)18-6-13-7-21(24)25-9-19(13)26-18/h3,5-10,20,26H,4,11H2,1-2H3. The minimum absolute atomic E-state index is 0.274. The molecule has 0 fully saturated rings. The number of carbonyl (C=O) groups excluding carboxylic acids is 2. The summed E-state index contributed by atoms with van der Waals surface area (Å²) in [4.78, 5) is 33.0. The van der Waals surface area contributed by atoms with Crippen LogP contribution in [0.4, 0.5) is 4.39 Å². The van der Waals surface area contributed by atoms with Gasteiger partial charge in [0.25, 0.3) is 5.91 Å². The van der Waals surface area contributed by atoms with Crippen molar-refractivity contribution >= 4 is 42.0 Å². The summed E-state index contributed by atoms with van der Waals surface area (Å²) in [6, 6.07) is 5.94. The highest BCUT2D eigenvalue weighted by molar-refractivity contribution is 6.33. The van der Waals surface area contributed by atoms with Gasteiger partial charge in [0.2, 0.25) is 5.95 Å². The van der Waals surface area contributed by atoms with Gasteiger partial charge in [-0.2, -0.15) is 4.39 Å². The molecule has 0 saturated heterocycles. The number of pyridine rings is 1. The monoisotopic (exact) mass is 403 g/mol. The van der Waals surface area contributed by atoms with E-state index in [0.29, 0.717) is 39.8 Å². The maximum atomic E-state index is 13.4. The Kier molecular flexibility index (Phi) is 5.26. The summed E-state index contributed by atoms with van der Waals surface area (Å²) in [5, 5.41) is 0.560. The van der Waals surface area contributed by atoms with Crippen LogP contribution in [0, 0.1) is 12.9 Å². The molecule has 6 nitrogen and oxygen atoms in total. The summed E-state index contributed by atoms with van der Waals surface area (Å²) in [5.41, 5.74) is 4.25. The normalized spacial score (nSPS) is 16.4. The molecule has 2 radical (unpaired) electrons. The molecule has 4 rings (SSSR count). The van der Waals surface area contributed by atoms with E-state index in [1.807, 2.05) is 13.0 Å². The molecule has 8 heteroatoms. The van der Waals surface area contributed by atoms with Crippen molar-refractivity contribution in [2.75, 3.05) is 20.3 Å². The number of aldehydes is 1. The van der Waals surface area contributed by atoms with Crippen LogP contribution in [0.1, 0.15) is 32.0 Å². The van der Waals surface area contributed by atoms with Gasteiger partial charge in [0.1, 0.15) is 13.5 Å². The lowest BCUT2D eigenvalue weighted by Gasteiger charge is -2.33. The Morgan fingerprint density at radius 1 is 1.37 bits per heavy atom. The Balaban J connectivity index is 1.70. The average molecular weight is 403 g/mol. The molecule has 1 unspecified atom stereocenters. The number of nitrogens with one attached hydrogen (secondary N) is 1. The van der Waals surface area contributed by atoms with E-state index in [0.717, 1.165) is 17.4 Å². The van der Waals surface area contributed by atoms with E-state index < -0.39 is 12.0 Å². The third-order valence-electron chi connectivity index (χ3n) is 5.42. The molecule has 1 amide bonds. The molecule has 0 saturated carbocycles. The van der Waals surface area contributed by atoms with Crippen molar-refractivity contribution in [3.63, 3.8) is 0 Å². The summed E-state index contributed by atoms with van der Waals surface area (Å²) < 4.78 is 19.0. The van der Waals surface area contributed by atoms with Crippen LogP contribution in [0.15, 0.2) is 36.5 Å². The largest absolute Gasteiger partial charge is 0.375 e. The van der Waals surface area contributed by atoms with Crippen LogP contribution < -0.4 is 5.46 Å². The van der Waals surface area contributed by atoms with E-state index in [1.54, 1.807) is 30.1 Å². The van der Waals surface area contributed by atoms with E-state index in [9.17, 15) is 14.0 Å². The van der Waals surface area contributed by atoms with Gasteiger partial charge < -0.3 is 14.6 Å². The molecule has 1 aromatic carbocycles. The van der Waals surface area contributed by atoms with Crippen molar-refractivity contribution in [2.24, 2.45) is 0 Å². The number of aryl methyl sites for hydroxylation is 1. The third kappa shape index (κ3) is 3.54. The second-order valence-corrected chi connectivity index (χ2v) is 7.32. The van der Waals surface area contributed by atoms with Gasteiger partial charge in [-0.1, -0.05) is 23.2 Å². The Hall–Kier alpha value is -3.26. The number of likely N-dealkylation sites (N-methyl/N-ethyl adjacent to an activating group) is 1. The Bertz CT molecular complexity index is 1190. The molecule has 1 N–H and O–H groups in total. The smallest absolute Gasteiger partial charge is 0.270 e. The summed E-state index contributed by atoms with van der Waals surface area (Å²) in [6.07, 6.45) is 4.00. The molecule has 0 spiro atoms. The van der Waals surface area contributed by atoms with Gasteiger partial charge in [-0.05, 0) is 30.2 Å². The number of rotatable bonds is 4. The number of ether oxygens (including phenoxy) is 1. The van der Waals surface area contributed by atoms with E-state index >= 15 is 0 Å². The number of H-pyrrole nitrogens is 1. The van der Waals surface area contributed by atoms with Crippen molar-refractivity contribution in [3.8, 4) is 0 Å². The quantitative estimate of drug-likeness (QED) is 0.412. The first kappa shape index (κ1) is 20.0. The molecule has 2 aromatic heterocycles. The van der Waals surface area contributed by atoms with Gasteiger partial charge in [-0.15, -0.1) is 0 Å². The molecule has 150 valence electrons. The third-order valence-corrected chi connectivity index (χ3v) is 5.42. The van der Waals surface area contributed by atoms with Gasteiger partial charge in [0.05, 0.1) is 31.0 Å². The molecule has 0 bridgehead atoms. The summed E-state index contributed by atoms with van der Waals surface area (Å²) in [7, 11) is 7.75. The number of nitrogens with zero attached hydrogens (tertiary/aromatic N) is 2. The molecule has 3 aromatic rings. The number of carbonyl (C=O) groups is 2. The number of hydrogen-bond acceptors (Lipinski definition) is 4. The molecular formula is C22H19BFN3O3. The van der Waals surface area contributed by atoms with Crippen LogP contribution in [-0.2, 0) is 4.74 Å². The van der Waals surface area contributed by atoms with Crippen molar-refractivity contribution in [2.45, 2.75) is 13.0 Å². The van der Waals surface area contributed by atoms with E-state index in [-0.39, 0.29) is 12.5 Å². The van der Waals surface area contributed by atoms with Crippen molar-refractivity contribution in [1.29, 1.82) is 0 Å². The lowest BCUT2D eigenvalue weighted by atomic mass is 9.83. The topological polar surface area (TPSA) is 75.3 Å². The van der Waals surface area contributed by atoms with E-state index in [2.05, 4.69) is 9.97 Å². The molecule has 0 aliphatic carbocycles. The predicted octanol–water partition coefficient (Wildman–Crippen LogP) is 2.17. The fourth-order valence-corrected chi connectivity index (χ4v) is 3.71. The highest BCUT2D eigenvalue weighted by Gasteiger charge is 2.29. The molecule has 3 heterocycles. The zero-order valence-corrected chi connectivity index (χ0v) is 16.6. The van der Waals surface area contributed by atoms with Gasteiger partial charge in [0, 0.05) is 24.1 Å². The number of benzene rings is 1. The Morgan fingerprint density at radius 3 is 2.93 bits per heavy atom. The molecule has 1 aliphatic heterocycles.